The Morgan fingerprint density at radius 3 is 3.21 bits per heavy atom. The van der Waals surface area contributed by atoms with E-state index in [9.17, 15) is 0 Å². The highest BCUT2D eigenvalue weighted by Crippen LogP contribution is 2.34. The van der Waals surface area contributed by atoms with Crippen molar-refractivity contribution in [1.29, 1.82) is 0 Å². The average Bonchev–Trinajstić information content (AvgIpc) is 2.57. The van der Waals surface area contributed by atoms with Crippen LogP contribution in [-0.2, 0) is 12.8 Å². The lowest BCUT2D eigenvalue weighted by Gasteiger charge is -2.04. The lowest BCUT2D eigenvalue weighted by Crippen LogP contribution is -1.95. The average molecular weight is 212 g/mol. The van der Waals surface area contributed by atoms with E-state index in [4.69, 9.17) is 16.7 Å². The number of nitrogens with zero attached hydrogens (tertiary/aromatic N) is 1. The van der Waals surface area contributed by atoms with Crippen molar-refractivity contribution in [2.24, 2.45) is 0 Å². The third-order valence-corrected chi connectivity index (χ3v) is 3.07. The van der Waals surface area contributed by atoms with E-state index in [1.165, 1.54) is 11.1 Å². The van der Waals surface area contributed by atoms with Crippen molar-refractivity contribution in [3.63, 3.8) is 0 Å². The second-order valence-electron chi connectivity index (χ2n) is 3.72. The Kier molecular flexibility index (Phi) is 3.04. The van der Waals surface area contributed by atoms with Crippen LogP contribution in [0.4, 0.5) is 0 Å². The number of hydrogen-bond donors (Lipinski definition) is 1. The molecule has 76 valence electrons. The molecule has 14 heavy (non-hydrogen) atoms. The van der Waals surface area contributed by atoms with Crippen LogP contribution in [0.2, 0.25) is 0 Å². The van der Waals surface area contributed by atoms with Crippen LogP contribution in [-0.4, -0.2) is 16.7 Å². The minimum absolute atomic E-state index is 0.108. The van der Waals surface area contributed by atoms with Crippen molar-refractivity contribution < 1.29 is 5.11 Å². The topological polar surface area (TPSA) is 33.1 Å². The first-order valence-corrected chi connectivity index (χ1v) is 5.47. The molecule has 0 radical (unpaired) electrons. The molecule has 0 bridgehead atoms. The predicted molar refractivity (Wildman–Crippen MR) is 56.6 cm³/mol. The highest BCUT2D eigenvalue weighted by molar-refractivity contribution is 6.21. The molecule has 1 aliphatic rings. The van der Waals surface area contributed by atoms with Gasteiger partial charge in [0.05, 0.1) is 11.1 Å². The second-order valence-corrected chi connectivity index (χ2v) is 4.25. The van der Waals surface area contributed by atoms with Gasteiger partial charge >= 0.3 is 0 Å². The Balaban J connectivity index is 2.15. The molecule has 0 saturated carbocycles. The maximum atomic E-state index is 8.72. The molecule has 0 aromatic carbocycles. The van der Waals surface area contributed by atoms with Gasteiger partial charge in [0.25, 0.3) is 0 Å². The van der Waals surface area contributed by atoms with Gasteiger partial charge in [0.1, 0.15) is 0 Å². The summed E-state index contributed by atoms with van der Waals surface area (Å²) in [6, 6.07) is 2.18. The zero-order chi connectivity index (χ0) is 9.97. The third kappa shape index (κ3) is 1.91. The quantitative estimate of drug-likeness (QED) is 0.778. The third-order valence-electron chi connectivity index (χ3n) is 2.65. The molecule has 1 aliphatic carbocycles. The summed E-state index contributed by atoms with van der Waals surface area (Å²) in [7, 11) is 0. The van der Waals surface area contributed by atoms with Gasteiger partial charge in [0, 0.05) is 12.8 Å². The fourth-order valence-electron chi connectivity index (χ4n) is 1.89. The second kappa shape index (κ2) is 4.28. The standard InChI is InChI=1S/C11H14ClNO/c12-10-4-3-9-6-8(2-1-5-14)7-13-11(9)10/h6-7,10,14H,1-5H2. The van der Waals surface area contributed by atoms with E-state index in [1.807, 2.05) is 6.20 Å². The molecular formula is C11H14ClNO. The molecule has 1 atom stereocenters. The maximum absolute atomic E-state index is 8.72. The first kappa shape index (κ1) is 9.94. The summed E-state index contributed by atoms with van der Waals surface area (Å²) in [4.78, 5) is 4.38. The number of aromatic nitrogens is 1. The Bertz CT molecular complexity index is 327. The van der Waals surface area contributed by atoms with Gasteiger partial charge in [-0.3, -0.25) is 4.98 Å². The molecule has 2 nitrogen and oxygen atoms in total. The summed E-state index contributed by atoms with van der Waals surface area (Å²) in [5, 5.41) is 8.83. The van der Waals surface area contributed by atoms with Crippen LogP contribution in [0.15, 0.2) is 12.3 Å². The summed E-state index contributed by atoms with van der Waals surface area (Å²) in [6.07, 6.45) is 5.65. The zero-order valence-electron chi connectivity index (χ0n) is 8.04. The van der Waals surface area contributed by atoms with E-state index in [0.717, 1.165) is 31.4 Å². The lowest BCUT2D eigenvalue weighted by molar-refractivity contribution is 0.288. The Morgan fingerprint density at radius 1 is 1.57 bits per heavy atom. The van der Waals surface area contributed by atoms with Gasteiger partial charge in [0.15, 0.2) is 0 Å². The monoisotopic (exact) mass is 211 g/mol. The molecule has 2 rings (SSSR count). The van der Waals surface area contributed by atoms with Crippen LogP contribution in [0.5, 0.6) is 0 Å². The van der Waals surface area contributed by atoms with Crippen molar-refractivity contribution >= 4 is 11.6 Å². The van der Waals surface area contributed by atoms with Crippen molar-refractivity contribution in [3.05, 3.63) is 29.1 Å². The summed E-state index contributed by atoms with van der Waals surface area (Å²) in [5.74, 6) is 0. The van der Waals surface area contributed by atoms with Gasteiger partial charge in [-0.1, -0.05) is 6.07 Å². The number of fused-ring (bicyclic) bond motifs is 1. The molecule has 1 N–H and O–H groups in total. The van der Waals surface area contributed by atoms with E-state index in [0.29, 0.717) is 0 Å². The molecule has 0 amide bonds. The van der Waals surface area contributed by atoms with Crippen LogP contribution in [0, 0.1) is 0 Å². The maximum Gasteiger partial charge on any atom is 0.0763 e. The lowest BCUT2D eigenvalue weighted by atomic mass is 10.1. The number of aliphatic hydroxyl groups excluding tert-OH is 1. The van der Waals surface area contributed by atoms with Gasteiger partial charge in [-0.2, -0.15) is 0 Å². The highest BCUT2D eigenvalue weighted by Gasteiger charge is 2.21. The fourth-order valence-corrected chi connectivity index (χ4v) is 2.20. The van der Waals surface area contributed by atoms with E-state index in [2.05, 4.69) is 11.1 Å². The highest BCUT2D eigenvalue weighted by atomic mass is 35.5. The number of alkyl halides is 1. The van der Waals surface area contributed by atoms with Crippen molar-refractivity contribution in [1.82, 2.24) is 4.98 Å². The zero-order valence-corrected chi connectivity index (χ0v) is 8.80. The summed E-state index contributed by atoms with van der Waals surface area (Å²) in [6.45, 7) is 0.245. The fraction of sp³-hybridized carbons (Fsp3) is 0.545. The van der Waals surface area contributed by atoms with Gasteiger partial charge in [0.2, 0.25) is 0 Å². The van der Waals surface area contributed by atoms with E-state index in [-0.39, 0.29) is 12.0 Å². The smallest absolute Gasteiger partial charge is 0.0763 e. The molecule has 3 heteroatoms. The Labute approximate surface area is 88.9 Å². The predicted octanol–water partition coefficient (Wildman–Crippen LogP) is 2.23. The number of aliphatic hydroxyl groups is 1. The minimum Gasteiger partial charge on any atom is -0.396 e. The van der Waals surface area contributed by atoms with Crippen molar-refractivity contribution in [3.8, 4) is 0 Å². The van der Waals surface area contributed by atoms with Crippen LogP contribution in [0.3, 0.4) is 0 Å². The van der Waals surface area contributed by atoms with Gasteiger partial charge < -0.3 is 5.11 Å². The molecular weight excluding hydrogens is 198 g/mol. The first-order chi connectivity index (χ1) is 6.81. The first-order valence-electron chi connectivity index (χ1n) is 5.04. The molecule has 0 fully saturated rings. The number of pyridine rings is 1. The molecule has 0 aliphatic heterocycles. The van der Waals surface area contributed by atoms with Gasteiger partial charge in [-0.15, -0.1) is 11.6 Å². The Hall–Kier alpha value is -0.600. The van der Waals surface area contributed by atoms with E-state index >= 15 is 0 Å². The van der Waals surface area contributed by atoms with Crippen LogP contribution in [0.1, 0.15) is 35.0 Å². The molecule has 1 aromatic heterocycles. The Morgan fingerprint density at radius 2 is 2.43 bits per heavy atom. The minimum atomic E-state index is 0.108. The number of halogens is 1. The summed E-state index contributed by atoms with van der Waals surface area (Å²) >= 11 is 6.10. The number of hydrogen-bond acceptors (Lipinski definition) is 2. The van der Waals surface area contributed by atoms with Crippen molar-refractivity contribution in [2.45, 2.75) is 31.1 Å². The van der Waals surface area contributed by atoms with Crippen molar-refractivity contribution in [2.75, 3.05) is 6.61 Å². The molecule has 1 heterocycles. The largest absolute Gasteiger partial charge is 0.396 e. The number of rotatable bonds is 3. The number of aryl methyl sites for hydroxylation is 2. The normalized spacial score (nSPS) is 19.7. The van der Waals surface area contributed by atoms with Gasteiger partial charge in [-0.05, 0) is 36.8 Å². The van der Waals surface area contributed by atoms with Gasteiger partial charge in [-0.25, -0.2) is 0 Å². The summed E-state index contributed by atoms with van der Waals surface area (Å²) < 4.78 is 0. The summed E-state index contributed by atoms with van der Waals surface area (Å²) in [5.41, 5.74) is 3.56. The SMILES string of the molecule is OCCCc1cnc2c(c1)CCC2Cl. The molecule has 0 spiro atoms. The molecule has 0 saturated heterocycles. The van der Waals surface area contributed by atoms with E-state index < -0.39 is 0 Å². The van der Waals surface area contributed by atoms with Crippen LogP contribution in [0.25, 0.3) is 0 Å². The molecule has 1 aromatic rings. The molecule has 1 unspecified atom stereocenters. The van der Waals surface area contributed by atoms with Crippen LogP contribution < -0.4 is 0 Å². The van der Waals surface area contributed by atoms with Crippen LogP contribution >= 0.6 is 11.6 Å². The van der Waals surface area contributed by atoms with E-state index in [1.54, 1.807) is 0 Å².